The number of hydrogen-bond acceptors (Lipinski definition) is 1. The molecule has 0 radical (unpaired) electrons. The van der Waals surface area contributed by atoms with Crippen LogP contribution in [0.4, 0.5) is 0 Å². The molecule has 0 atom stereocenters. The molecule has 0 spiro atoms. The first-order valence-corrected chi connectivity index (χ1v) is 7.87. The van der Waals surface area contributed by atoms with E-state index in [-0.39, 0.29) is 0 Å². The number of halogens is 1. The first kappa shape index (κ1) is 14.9. The molecule has 0 aliphatic heterocycles. The van der Waals surface area contributed by atoms with Crippen molar-refractivity contribution in [2.45, 2.75) is 46.0 Å². The van der Waals surface area contributed by atoms with Crippen LogP contribution in [0, 0.1) is 17.3 Å². The third-order valence-electron chi connectivity index (χ3n) is 4.93. The average molecular weight is 280 g/mol. The molecule has 2 heteroatoms. The molecule has 1 saturated carbocycles. The van der Waals surface area contributed by atoms with Crippen molar-refractivity contribution in [3.63, 3.8) is 0 Å². The Morgan fingerprint density at radius 3 is 2.53 bits per heavy atom. The highest BCUT2D eigenvalue weighted by Crippen LogP contribution is 2.43. The molecule has 0 aromatic heterocycles. The largest absolute Gasteiger partial charge is 0.330 e. The molecule has 0 unspecified atom stereocenters. The van der Waals surface area contributed by atoms with Crippen molar-refractivity contribution in [1.29, 1.82) is 0 Å². The fraction of sp³-hybridized carbons (Fsp3) is 0.647. The lowest BCUT2D eigenvalue weighted by Crippen LogP contribution is -2.37. The van der Waals surface area contributed by atoms with Gasteiger partial charge in [0.2, 0.25) is 0 Å². The van der Waals surface area contributed by atoms with Gasteiger partial charge in [-0.1, -0.05) is 37.6 Å². The van der Waals surface area contributed by atoms with Crippen molar-refractivity contribution in [2.24, 2.45) is 23.0 Å². The molecule has 106 valence electrons. The monoisotopic (exact) mass is 279 g/mol. The maximum Gasteiger partial charge on any atom is 0.0408 e. The Balaban J connectivity index is 2.04. The summed E-state index contributed by atoms with van der Waals surface area (Å²) in [6, 6.07) is 8.25. The van der Waals surface area contributed by atoms with Crippen molar-refractivity contribution >= 4 is 11.6 Å². The van der Waals surface area contributed by atoms with Crippen LogP contribution in [0.3, 0.4) is 0 Å². The van der Waals surface area contributed by atoms with Crippen LogP contribution in [-0.4, -0.2) is 6.54 Å². The van der Waals surface area contributed by atoms with Gasteiger partial charge in [-0.15, -0.1) is 0 Å². The van der Waals surface area contributed by atoms with E-state index in [1.54, 1.807) is 0 Å². The molecule has 19 heavy (non-hydrogen) atoms. The normalized spacial score (nSPS) is 27.7. The fourth-order valence-corrected chi connectivity index (χ4v) is 3.67. The van der Waals surface area contributed by atoms with Gasteiger partial charge in [-0.05, 0) is 73.6 Å². The number of rotatable bonds is 4. The zero-order chi connectivity index (χ0) is 13.9. The quantitative estimate of drug-likeness (QED) is 0.851. The molecule has 1 fully saturated rings. The van der Waals surface area contributed by atoms with Gasteiger partial charge in [-0.25, -0.2) is 0 Å². The number of benzene rings is 1. The Hall–Kier alpha value is -0.530. The van der Waals surface area contributed by atoms with E-state index >= 15 is 0 Å². The van der Waals surface area contributed by atoms with Gasteiger partial charge in [0.1, 0.15) is 0 Å². The minimum atomic E-state index is 0.302. The van der Waals surface area contributed by atoms with Crippen LogP contribution in [0.15, 0.2) is 24.3 Å². The second-order valence-corrected chi connectivity index (χ2v) is 7.03. The van der Waals surface area contributed by atoms with E-state index in [9.17, 15) is 0 Å². The van der Waals surface area contributed by atoms with Crippen molar-refractivity contribution < 1.29 is 0 Å². The van der Waals surface area contributed by atoms with Crippen LogP contribution in [-0.2, 0) is 6.42 Å². The minimum Gasteiger partial charge on any atom is -0.330 e. The molecule has 0 heterocycles. The van der Waals surface area contributed by atoms with E-state index in [4.69, 9.17) is 17.3 Å². The van der Waals surface area contributed by atoms with E-state index < -0.39 is 0 Å². The second-order valence-electron chi connectivity index (χ2n) is 6.59. The Kier molecular flexibility index (Phi) is 4.92. The average Bonchev–Trinajstić information content (AvgIpc) is 2.39. The summed E-state index contributed by atoms with van der Waals surface area (Å²) in [5.41, 5.74) is 7.75. The van der Waals surface area contributed by atoms with Crippen LogP contribution in [0.2, 0.25) is 5.02 Å². The van der Waals surface area contributed by atoms with Crippen molar-refractivity contribution in [3.8, 4) is 0 Å². The minimum absolute atomic E-state index is 0.302. The highest BCUT2D eigenvalue weighted by Gasteiger charge is 2.35. The molecule has 2 N–H and O–H groups in total. The predicted octanol–water partition coefficient (Wildman–Crippen LogP) is 4.67. The molecule has 0 amide bonds. The first-order valence-electron chi connectivity index (χ1n) is 7.49. The zero-order valence-electron chi connectivity index (χ0n) is 12.2. The zero-order valence-corrected chi connectivity index (χ0v) is 12.9. The SMILES string of the molecule is CC(C)C1CCC(CN)(Cc2cccc(Cl)c2)CC1. The lowest BCUT2D eigenvalue weighted by Gasteiger charge is -2.41. The Bertz CT molecular complexity index is 405. The molecule has 0 bridgehead atoms. The molecule has 0 saturated heterocycles. The summed E-state index contributed by atoms with van der Waals surface area (Å²) in [5.74, 6) is 1.70. The molecule has 1 nitrogen and oxygen atoms in total. The van der Waals surface area contributed by atoms with E-state index in [0.717, 1.165) is 29.8 Å². The summed E-state index contributed by atoms with van der Waals surface area (Å²) in [6.45, 7) is 5.48. The maximum atomic E-state index is 6.11. The fourth-order valence-electron chi connectivity index (χ4n) is 3.45. The van der Waals surface area contributed by atoms with Crippen LogP contribution >= 0.6 is 11.6 Å². The molecule has 1 aliphatic carbocycles. The van der Waals surface area contributed by atoms with E-state index in [2.05, 4.69) is 26.0 Å². The van der Waals surface area contributed by atoms with E-state index in [0.29, 0.717) is 5.41 Å². The highest BCUT2D eigenvalue weighted by molar-refractivity contribution is 6.30. The number of hydrogen-bond donors (Lipinski definition) is 1. The second kappa shape index (κ2) is 6.28. The van der Waals surface area contributed by atoms with E-state index in [1.807, 2.05) is 12.1 Å². The third kappa shape index (κ3) is 3.73. The molecule has 1 aliphatic rings. The topological polar surface area (TPSA) is 26.0 Å². The standard InChI is InChI=1S/C17H26ClN/c1-13(2)15-6-8-17(12-19,9-7-15)11-14-4-3-5-16(18)10-14/h3-5,10,13,15H,6-9,11-12,19H2,1-2H3. The Morgan fingerprint density at radius 2 is 2.00 bits per heavy atom. The highest BCUT2D eigenvalue weighted by atomic mass is 35.5. The van der Waals surface area contributed by atoms with Gasteiger partial charge < -0.3 is 5.73 Å². The summed E-state index contributed by atoms with van der Waals surface area (Å²) < 4.78 is 0. The van der Waals surface area contributed by atoms with Crippen LogP contribution < -0.4 is 5.73 Å². The first-order chi connectivity index (χ1) is 9.04. The lowest BCUT2D eigenvalue weighted by molar-refractivity contribution is 0.132. The van der Waals surface area contributed by atoms with Crippen LogP contribution in [0.25, 0.3) is 0 Å². The van der Waals surface area contributed by atoms with Gasteiger partial charge in [0.15, 0.2) is 0 Å². The van der Waals surface area contributed by atoms with Crippen molar-refractivity contribution in [1.82, 2.24) is 0 Å². The molecular formula is C17H26ClN. The van der Waals surface area contributed by atoms with Gasteiger partial charge in [0.05, 0.1) is 0 Å². The smallest absolute Gasteiger partial charge is 0.0408 e. The molecule has 2 rings (SSSR count). The summed E-state index contributed by atoms with van der Waals surface area (Å²) in [4.78, 5) is 0. The van der Waals surface area contributed by atoms with Gasteiger partial charge in [-0.2, -0.15) is 0 Å². The van der Waals surface area contributed by atoms with Crippen molar-refractivity contribution in [2.75, 3.05) is 6.54 Å². The van der Waals surface area contributed by atoms with Gasteiger partial charge in [0, 0.05) is 5.02 Å². The van der Waals surface area contributed by atoms with Gasteiger partial charge >= 0.3 is 0 Å². The summed E-state index contributed by atoms with van der Waals surface area (Å²) >= 11 is 6.08. The van der Waals surface area contributed by atoms with Gasteiger partial charge in [0.25, 0.3) is 0 Å². The number of nitrogens with two attached hydrogens (primary N) is 1. The van der Waals surface area contributed by atoms with Crippen molar-refractivity contribution in [3.05, 3.63) is 34.9 Å². The predicted molar refractivity (Wildman–Crippen MR) is 83.4 cm³/mol. The third-order valence-corrected chi connectivity index (χ3v) is 5.17. The maximum absolute atomic E-state index is 6.11. The lowest BCUT2D eigenvalue weighted by atomic mass is 9.65. The van der Waals surface area contributed by atoms with Crippen LogP contribution in [0.1, 0.15) is 45.1 Å². The Morgan fingerprint density at radius 1 is 1.32 bits per heavy atom. The molecule has 1 aromatic carbocycles. The summed E-state index contributed by atoms with van der Waals surface area (Å²) in [5, 5.41) is 0.834. The molecule has 1 aromatic rings. The Labute approximate surface area is 122 Å². The summed E-state index contributed by atoms with van der Waals surface area (Å²) in [6.07, 6.45) is 6.26. The van der Waals surface area contributed by atoms with Gasteiger partial charge in [-0.3, -0.25) is 0 Å². The van der Waals surface area contributed by atoms with E-state index in [1.165, 1.54) is 31.2 Å². The molecular weight excluding hydrogens is 254 g/mol. The summed E-state index contributed by atoms with van der Waals surface area (Å²) in [7, 11) is 0. The van der Waals surface area contributed by atoms with Crippen LogP contribution in [0.5, 0.6) is 0 Å².